The van der Waals surface area contributed by atoms with Crippen molar-refractivity contribution in [3.05, 3.63) is 32.9 Å². The molecule has 0 radical (unpaired) electrons. The Balaban J connectivity index is 3.10. The Labute approximate surface area is 113 Å². The summed E-state index contributed by atoms with van der Waals surface area (Å²) in [6, 6.07) is 7.16. The zero-order valence-electron chi connectivity index (χ0n) is 9.36. The van der Waals surface area contributed by atoms with E-state index in [9.17, 15) is 4.79 Å². The third kappa shape index (κ3) is 3.46. The number of carbonyl (C=O) groups excluding carboxylic acids is 1. The number of hydrogen-bond acceptors (Lipinski definition) is 4. The number of carbonyl (C=O) groups is 1. The molecule has 0 heterocycles. The molecule has 0 aromatic heterocycles. The van der Waals surface area contributed by atoms with Gasteiger partial charge in [-0.2, -0.15) is 5.26 Å². The van der Waals surface area contributed by atoms with Crippen LogP contribution in [0.1, 0.15) is 5.56 Å². The summed E-state index contributed by atoms with van der Waals surface area (Å²) < 4.78 is 10.5. The minimum Gasteiger partial charge on any atom is -0.496 e. The molecule has 1 aromatic rings. The molecule has 0 spiro atoms. The third-order valence-corrected chi connectivity index (χ3v) is 2.86. The number of nitrogens with zero attached hydrogens (tertiary/aromatic N) is 1. The number of esters is 1. The van der Waals surface area contributed by atoms with Gasteiger partial charge in [-0.25, -0.2) is 4.79 Å². The molecule has 0 saturated heterocycles. The number of benzene rings is 1. The van der Waals surface area contributed by atoms with Gasteiger partial charge in [-0.05, 0) is 46.4 Å². The Morgan fingerprint density at radius 3 is 2.65 bits per heavy atom. The van der Waals surface area contributed by atoms with Gasteiger partial charge in [0.2, 0.25) is 0 Å². The summed E-state index contributed by atoms with van der Waals surface area (Å²) in [5.74, 6) is 0.109. The fraction of sp³-hybridized carbons (Fsp3) is 0.167. The van der Waals surface area contributed by atoms with E-state index in [4.69, 9.17) is 10.00 Å². The maximum atomic E-state index is 11.2. The summed E-state index contributed by atoms with van der Waals surface area (Å²) in [4.78, 5) is 11.2. The molecular weight excluding hydrogens is 333 g/mol. The summed E-state index contributed by atoms with van der Waals surface area (Å²) in [6.45, 7) is 0. The Morgan fingerprint density at radius 1 is 1.47 bits per heavy atom. The van der Waals surface area contributed by atoms with E-state index in [0.29, 0.717) is 0 Å². The summed E-state index contributed by atoms with van der Waals surface area (Å²) in [7, 11) is 2.83. The summed E-state index contributed by atoms with van der Waals surface area (Å²) in [5, 5.41) is 8.81. The zero-order chi connectivity index (χ0) is 12.8. The van der Waals surface area contributed by atoms with Crippen LogP contribution in [0.25, 0.3) is 6.08 Å². The van der Waals surface area contributed by atoms with E-state index < -0.39 is 5.97 Å². The highest BCUT2D eigenvalue weighted by Crippen LogP contribution is 2.22. The molecule has 0 atom stereocenters. The second kappa shape index (κ2) is 6.25. The highest BCUT2D eigenvalue weighted by Gasteiger charge is 2.09. The summed E-state index contributed by atoms with van der Waals surface area (Å²) >= 11 is 2.12. The summed E-state index contributed by atoms with van der Waals surface area (Å²) in [6.07, 6.45) is 1.48. The molecule has 5 heteroatoms. The van der Waals surface area contributed by atoms with Gasteiger partial charge in [-0.3, -0.25) is 0 Å². The van der Waals surface area contributed by atoms with Crippen LogP contribution in [0.15, 0.2) is 23.8 Å². The lowest BCUT2D eigenvalue weighted by Gasteiger charge is -2.03. The van der Waals surface area contributed by atoms with Crippen LogP contribution >= 0.6 is 22.6 Å². The van der Waals surface area contributed by atoms with Gasteiger partial charge in [0.15, 0.2) is 0 Å². The average molecular weight is 343 g/mol. The van der Waals surface area contributed by atoms with E-state index in [2.05, 4.69) is 27.3 Å². The van der Waals surface area contributed by atoms with Crippen molar-refractivity contribution < 1.29 is 14.3 Å². The lowest BCUT2D eigenvalue weighted by atomic mass is 10.1. The Kier molecular flexibility index (Phi) is 4.97. The van der Waals surface area contributed by atoms with Gasteiger partial charge in [0.25, 0.3) is 0 Å². The average Bonchev–Trinajstić information content (AvgIpc) is 2.35. The maximum Gasteiger partial charge on any atom is 0.348 e. The maximum absolute atomic E-state index is 11.2. The number of ether oxygens (including phenoxy) is 2. The van der Waals surface area contributed by atoms with Crippen LogP contribution in [-0.2, 0) is 9.53 Å². The second-order valence-corrected chi connectivity index (χ2v) is 4.22. The van der Waals surface area contributed by atoms with E-state index in [1.54, 1.807) is 25.3 Å². The third-order valence-electron chi connectivity index (χ3n) is 2.01. The molecule has 0 unspecified atom stereocenters. The Morgan fingerprint density at radius 2 is 2.18 bits per heavy atom. The van der Waals surface area contributed by atoms with Crippen molar-refractivity contribution in [1.82, 2.24) is 0 Å². The molecular formula is C12H10INO3. The number of methoxy groups -OCH3 is 2. The van der Waals surface area contributed by atoms with Crippen LogP contribution in [-0.4, -0.2) is 20.2 Å². The largest absolute Gasteiger partial charge is 0.496 e. The first-order valence-electron chi connectivity index (χ1n) is 4.66. The molecule has 0 aliphatic rings. The molecule has 1 rings (SSSR count). The van der Waals surface area contributed by atoms with Crippen LogP contribution < -0.4 is 4.74 Å². The number of rotatable bonds is 3. The smallest absolute Gasteiger partial charge is 0.348 e. The van der Waals surface area contributed by atoms with Gasteiger partial charge in [0, 0.05) is 0 Å². The first-order chi connectivity index (χ1) is 8.12. The molecule has 0 amide bonds. The molecule has 1 aromatic carbocycles. The number of hydrogen-bond donors (Lipinski definition) is 0. The highest BCUT2D eigenvalue weighted by atomic mass is 127. The molecule has 4 nitrogen and oxygen atoms in total. The van der Waals surface area contributed by atoms with Gasteiger partial charge in [-0.1, -0.05) is 6.07 Å². The minimum atomic E-state index is -0.640. The lowest BCUT2D eigenvalue weighted by Crippen LogP contribution is -2.02. The standard InChI is InChI=1S/C12H10INO3/c1-16-11-4-3-8(6-10(11)13)5-9(7-14)12(15)17-2/h3-6H,1-2H3/b9-5-. The predicted molar refractivity (Wildman–Crippen MR) is 71.3 cm³/mol. The monoisotopic (exact) mass is 343 g/mol. The van der Waals surface area contributed by atoms with E-state index in [1.807, 2.05) is 6.07 Å². The van der Waals surface area contributed by atoms with Crippen molar-refractivity contribution in [2.24, 2.45) is 0 Å². The van der Waals surface area contributed by atoms with Crippen molar-refractivity contribution in [3.63, 3.8) is 0 Å². The van der Waals surface area contributed by atoms with E-state index in [1.165, 1.54) is 13.2 Å². The van der Waals surface area contributed by atoms with Crippen LogP contribution in [0.4, 0.5) is 0 Å². The molecule has 0 bridgehead atoms. The van der Waals surface area contributed by atoms with Crippen molar-refractivity contribution in [2.75, 3.05) is 14.2 Å². The highest BCUT2D eigenvalue weighted by molar-refractivity contribution is 14.1. The van der Waals surface area contributed by atoms with E-state index >= 15 is 0 Å². The molecule has 0 fully saturated rings. The molecule has 0 aliphatic carbocycles. The van der Waals surface area contributed by atoms with Crippen LogP contribution in [0.5, 0.6) is 5.75 Å². The zero-order valence-corrected chi connectivity index (χ0v) is 11.5. The van der Waals surface area contributed by atoms with E-state index in [-0.39, 0.29) is 5.57 Å². The fourth-order valence-electron chi connectivity index (χ4n) is 1.19. The molecule has 0 saturated carbocycles. The van der Waals surface area contributed by atoms with Crippen LogP contribution in [0.3, 0.4) is 0 Å². The van der Waals surface area contributed by atoms with Gasteiger partial charge in [0.05, 0.1) is 17.8 Å². The van der Waals surface area contributed by atoms with Crippen LogP contribution in [0, 0.1) is 14.9 Å². The van der Waals surface area contributed by atoms with Gasteiger partial charge < -0.3 is 9.47 Å². The van der Waals surface area contributed by atoms with Crippen LogP contribution in [0.2, 0.25) is 0 Å². The molecule has 17 heavy (non-hydrogen) atoms. The topological polar surface area (TPSA) is 59.3 Å². The minimum absolute atomic E-state index is 0.0338. The van der Waals surface area contributed by atoms with Gasteiger partial charge in [-0.15, -0.1) is 0 Å². The molecule has 0 N–H and O–H groups in total. The summed E-state index contributed by atoms with van der Waals surface area (Å²) in [5.41, 5.74) is 0.714. The first kappa shape index (κ1) is 13.5. The van der Waals surface area contributed by atoms with Crippen molar-refractivity contribution in [3.8, 4) is 11.8 Å². The number of halogens is 1. The normalized spacial score (nSPS) is 10.6. The van der Waals surface area contributed by atoms with Crippen molar-refractivity contribution in [2.45, 2.75) is 0 Å². The number of nitriles is 1. The Hall–Kier alpha value is -1.55. The molecule has 88 valence electrons. The van der Waals surface area contributed by atoms with Crippen molar-refractivity contribution in [1.29, 1.82) is 5.26 Å². The van der Waals surface area contributed by atoms with Gasteiger partial charge >= 0.3 is 5.97 Å². The quantitative estimate of drug-likeness (QED) is 0.366. The predicted octanol–water partition coefficient (Wildman–Crippen LogP) is 2.38. The second-order valence-electron chi connectivity index (χ2n) is 3.06. The SMILES string of the molecule is COC(=O)/C(C#N)=C\c1ccc(OC)c(I)c1. The van der Waals surface area contributed by atoms with E-state index in [0.717, 1.165) is 14.9 Å². The van der Waals surface area contributed by atoms with Gasteiger partial charge in [0.1, 0.15) is 17.4 Å². The first-order valence-corrected chi connectivity index (χ1v) is 5.74. The fourth-order valence-corrected chi connectivity index (χ4v) is 1.95. The lowest BCUT2D eigenvalue weighted by molar-refractivity contribution is -0.135. The molecule has 0 aliphatic heterocycles. The van der Waals surface area contributed by atoms with Crippen molar-refractivity contribution >= 4 is 34.6 Å². The Bertz CT molecular complexity index is 503.